The molecular weight excluding hydrogens is 466 g/mol. The lowest BCUT2D eigenvalue weighted by molar-refractivity contribution is 0.103. The van der Waals surface area contributed by atoms with Crippen molar-refractivity contribution in [1.29, 1.82) is 0 Å². The molecule has 0 aliphatic heterocycles. The van der Waals surface area contributed by atoms with Gasteiger partial charge in [-0.2, -0.15) is 4.31 Å². The summed E-state index contributed by atoms with van der Waals surface area (Å²) in [5, 5.41) is 19.1. The molecular formula is C26H27N3O5S. The van der Waals surface area contributed by atoms with Gasteiger partial charge in [0.15, 0.2) is 11.5 Å². The SMILES string of the molecule is CCN(CC)S(=O)(=O)c1ccc(OC)c(N=N/C(C(=O)c2ccccc2)=C(/O)c2ccccc2)c1. The van der Waals surface area contributed by atoms with E-state index in [1.807, 2.05) is 0 Å². The van der Waals surface area contributed by atoms with Crippen LogP contribution >= 0.6 is 0 Å². The molecule has 0 atom stereocenters. The number of aliphatic hydroxyl groups excluding tert-OH is 1. The number of sulfonamides is 1. The van der Waals surface area contributed by atoms with Crippen molar-refractivity contribution < 1.29 is 23.1 Å². The van der Waals surface area contributed by atoms with Crippen LogP contribution in [0.1, 0.15) is 29.8 Å². The Hall–Kier alpha value is -3.82. The molecule has 182 valence electrons. The van der Waals surface area contributed by atoms with Gasteiger partial charge in [-0.3, -0.25) is 4.79 Å². The Morgan fingerprint density at radius 2 is 1.49 bits per heavy atom. The van der Waals surface area contributed by atoms with Crippen LogP contribution in [-0.2, 0) is 10.0 Å². The number of carbonyl (C=O) groups is 1. The lowest BCUT2D eigenvalue weighted by Gasteiger charge is -2.18. The average Bonchev–Trinajstić information content (AvgIpc) is 2.90. The number of ether oxygens (including phenoxy) is 1. The molecule has 3 aromatic carbocycles. The number of benzene rings is 3. The lowest BCUT2D eigenvalue weighted by atomic mass is 10.1. The number of rotatable bonds is 10. The second kappa shape index (κ2) is 11.5. The summed E-state index contributed by atoms with van der Waals surface area (Å²) in [7, 11) is -2.34. The summed E-state index contributed by atoms with van der Waals surface area (Å²) in [6.07, 6.45) is 0. The van der Waals surface area contributed by atoms with E-state index in [-0.39, 0.29) is 27.8 Å². The van der Waals surface area contributed by atoms with Gasteiger partial charge in [0.1, 0.15) is 11.4 Å². The zero-order chi connectivity index (χ0) is 25.4. The van der Waals surface area contributed by atoms with Crippen molar-refractivity contribution in [3.05, 3.63) is 95.7 Å². The van der Waals surface area contributed by atoms with Gasteiger partial charge in [-0.15, -0.1) is 10.2 Å². The molecule has 0 saturated heterocycles. The summed E-state index contributed by atoms with van der Waals surface area (Å²) in [6, 6.07) is 21.1. The molecule has 0 radical (unpaired) electrons. The van der Waals surface area contributed by atoms with E-state index >= 15 is 0 Å². The Labute approximate surface area is 205 Å². The summed E-state index contributed by atoms with van der Waals surface area (Å²) in [5.41, 5.74) is 0.505. The fourth-order valence-electron chi connectivity index (χ4n) is 3.38. The third kappa shape index (κ3) is 5.82. The van der Waals surface area contributed by atoms with Crippen LogP contribution in [0.5, 0.6) is 5.75 Å². The van der Waals surface area contributed by atoms with Gasteiger partial charge in [0, 0.05) is 24.2 Å². The van der Waals surface area contributed by atoms with E-state index in [0.29, 0.717) is 24.2 Å². The molecule has 0 aromatic heterocycles. The van der Waals surface area contributed by atoms with E-state index in [9.17, 15) is 18.3 Å². The molecule has 0 fully saturated rings. The maximum Gasteiger partial charge on any atom is 0.243 e. The molecule has 0 aliphatic carbocycles. The first-order valence-corrected chi connectivity index (χ1v) is 12.5. The quantitative estimate of drug-likeness (QED) is 0.171. The van der Waals surface area contributed by atoms with Crippen molar-refractivity contribution in [2.45, 2.75) is 18.7 Å². The molecule has 0 aliphatic rings. The number of methoxy groups -OCH3 is 1. The van der Waals surface area contributed by atoms with Crippen molar-refractivity contribution in [2.75, 3.05) is 20.2 Å². The van der Waals surface area contributed by atoms with Crippen LogP contribution in [0.2, 0.25) is 0 Å². The van der Waals surface area contributed by atoms with Gasteiger partial charge in [-0.25, -0.2) is 8.42 Å². The lowest BCUT2D eigenvalue weighted by Crippen LogP contribution is -2.30. The van der Waals surface area contributed by atoms with Crippen molar-refractivity contribution in [3.8, 4) is 5.75 Å². The Bertz CT molecular complexity index is 1330. The maximum atomic E-state index is 13.2. The summed E-state index contributed by atoms with van der Waals surface area (Å²) >= 11 is 0. The molecule has 0 unspecified atom stereocenters. The van der Waals surface area contributed by atoms with Gasteiger partial charge in [-0.1, -0.05) is 74.5 Å². The average molecular weight is 494 g/mol. The fraction of sp³-hybridized carbons (Fsp3) is 0.192. The number of hydrogen-bond donors (Lipinski definition) is 1. The highest BCUT2D eigenvalue weighted by atomic mass is 32.2. The van der Waals surface area contributed by atoms with Crippen molar-refractivity contribution in [1.82, 2.24) is 4.31 Å². The predicted octanol–water partition coefficient (Wildman–Crippen LogP) is 5.62. The number of Topliss-reactive ketones (excluding diaryl/α,β-unsaturated/α-hetero) is 1. The summed E-state index contributed by atoms with van der Waals surface area (Å²) in [4.78, 5) is 13.2. The number of ketones is 1. The Morgan fingerprint density at radius 1 is 0.914 bits per heavy atom. The minimum Gasteiger partial charge on any atom is -0.505 e. The van der Waals surface area contributed by atoms with Gasteiger partial charge in [0.05, 0.1) is 12.0 Å². The molecule has 0 heterocycles. The second-order valence-electron chi connectivity index (χ2n) is 7.38. The van der Waals surface area contributed by atoms with Gasteiger partial charge in [-0.05, 0) is 18.2 Å². The first-order valence-electron chi connectivity index (χ1n) is 11.0. The van der Waals surface area contributed by atoms with Crippen LogP contribution < -0.4 is 4.74 Å². The molecule has 35 heavy (non-hydrogen) atoms. The van der Waals surface area contributed by atoms with E-state index in [4.69, 9.17) is 4.74 Å². The minimum atomic E-state index is -3.76. The second-order valence-corrected chi connectivity index (χ2v) is 9.32. The normalized spacial score (nSPS) is 12.6. The number of carbonyl (C=O) groups excluding carboxylic acids is 1. The van der Waals surface area contributed by atoms with E-state index in [2.05, 4.69) is 10.2 Å². The molecule has 9 heteroatoms. The van der Waals surface area contributed by atoms with E-state index in [1.54, 1.807) is 74.5 Å². The van der Waals surface area contributed by atoms with Crippen molar-refractivity contribution in [2.24, 2.45) is 10.2 Å². The summed E-state index contributed by atoms with van der Waals surface area (Å²) in [6.45, 7) is 4.13. The number of aliphatic hydroxyl groups is 1. The molecule has 0 saturated carbocycles. The molecule has 3 rings (SSSR count). The van der Waals surface area contributed by atoms with Crippen LogP contribution in [-0.4, -0.2) is 43.8 Å². The van der Waals surface area contributed by atoms with E-state index < -0.39 is 15.8 Å². The van der Waals surface area contributed by atoms with Crippen LogP contribution in [0.4, 0.5) is 5.69 Å². The first-order chi connectivity index (χ1) is 16.8. The molecule has 3 aromatic rings. The Morgan fingerprint density at radius 3 is 2.03 bits per heavy atom. The van der Waals surface area contributed by atoms with Crippen LogP contribution in [0.15, 0.2) is 99.7 Å². The molecule has 0 bridgehead atoms. The number of allylic oxidation sites excluding steroid dienone is 1. The largest absolute Gasteiger partial charge is 0.505 e. The zero-order valence-corrected chi connectivity index (χ0v) is 20.6. The summed E-state index contributed by atoms with van der Waals surface area (Å²) in [5.74, 6) is -0.631. The number of hydrogen-bond acceptors (Lipinski definition) is 7. The van der Waals surface area contributed by atoms with E-state index in [1.165, 1.54) is 29.6 Å². The third-order valence-corrected chi connectivity index (χ3v) is 7.32. The molecule has 0 amide bonds. The maximum absolute atomic E-state index is 13.2. The molecule has 1 N–H and O–H groups in total. The fourth-order valence-corrected chi connectivity index (χ4v) is 4.86. The molecule has 8 nitrogen and oxygen atoms in total. The monoisotopic (exact) mass is 493 g/mol. The third-order valence-electron chi connectivity index (χ3n) is 5.27. The van der Waals surface area contributed by atoms with Gasteiger partial charge < -0.3 is 9.84 Å². The van der Waals surface area contributed by atoms with Crippen molar-refractivity contribution in [3.63, 3.8) is 0 Å². The van der Waals surface area contributed by atoms with Gasteiger partial charge in [0.2, 0.25) is 15.8 Å². The highest BCUT2D eigenvalue weighted by Gasteiger charge is 2.23. The molecule has 0 spiro atoms. The van der Waals surface area contributed by atoms with Crippen LogP contribution in [0.3, 0.4) is 0 Å². The van der Waals surface area contributed by atoms with Gasteiger partial charge >= 0.3 is 0 Å². The highest BCUT2D eigenvalue weighted by Crippen LogP contribution is 2.33. The highest BCUT2D eigenvalue weighted by molar-refractivity contribution is 7.89. The zero-order valence-electron chi connectivity index (χ0n) is 19.7. The van der Waals surface area contributed by atoms with Crippen LogP contribution in [0, 0.1) is 0 Å². The first kappa shape index (κ1) is 25.8. The minimum absolute atomic E-state index is 0.0168. The van der Waals surface area contributed by atoms with Gasteiger partial charge in [0.25, 0.3) is 0 Å². The standard InChI is InChI=1S/C26H27N3O5S/c1-4-29(5-2)35(32,33)21-16-17-23(34-3)22(18-21)27-28-24(25(30)19-12-8-6-9-13-19)26(31)20-14-10-7-11-15-20/h6-18,30H,4-5H2,1-3H3/b25-24+,28-27?. The van der Waals surface area contributed by atoms with Crippen molar-refractivity contribution >= 4 is 27.3 Å². The Balaban J connectivity index is 2.13. The smallest absolute Gasteiger partial charge is 0.243 e. The predicted molar refractivity (Wildman–Crippen MR) is 134 cm³/mol. The number of azo groups is 1. The number of nitrogens with zero attached hydrogens (tertiary/aromatic N) is 3. The van der Waals surface area contributed by atoms with E-state index in [0.717, 1.165) is 0 Å². The summed E-state index contributed by atoms with van der Waals surface area (Å²) < 4.78 is 32.6. The topological polar surface area (TPSA) is 109 Å². The van der Waals surface area contributed by atoms with Crippen LogP contribution in [0.25, 0.3) is 5.76 Å². The Kier molecular flexibility index (Phi) is 8.51.